The summed E-state index contributed by atoms with van der Waals surface area (Å²) >= 11 is 0. The van der Waals surface area contributed by atoms with Crippen LogP contribution in [0.3, 0.4) is 0 Å². The predicted molar refractivity (Wildman–Crippen MR) is 84.9 cm³/mol. The maximum absolute atomic E-state index is 11.9. The fourth-order valence-corrected chi connectivity index (χ4v) is 3.99. The SMILES string of the molecule is O=C(CC1C=CS(=O)(=O)C1)NCc1ccc2c(c1)OCCCO2. The van der Waals surface area contributed by atoms with Crippen LogP contribution in [0.2, 0.25) is 0 Å². The van der Waals surface area contributed by atoms with E-state index in [1.165, 1.54) is 5.41 Å². The molecule has 0 saturated heterocycles. The lowest BCUT2D eigenvalue weighted by Gasteiger charge is -2.11. The number of nitrogens with one attached hydrogen (secondary N) is 1. The second kappa shape index (κ2) is 6.62. The zero-order valence-electron chi connectivity index (χ0n) is 12.7. The van der Waals surface area contributed by atoms with Crippen LogP contribution in [0.4, 0.5) is 0 Å². The van der Waals surface area contributed by atoms with Crippen molar-refractivity contribution < 1.29 is 22.7 Å². The van der Waals surface area contributed by atoms with Gasteiger partial charge in [-0.15, -0.1) is 0 Å². The number of sulfone groups is 1. The van der Waals surface area contributed by atoms with Crippen LogP contribution in [0.25, 0.3) is 0 Å². The second-order valence-electron chi connectivity index (χ2n) is 5.73. The molecule has 0 fully saturated rings. The lowest BCUT2D eigenvalue weighted by Crippen LogP contribution is -2.25. The maximum atomic E-state index is 11.9. The van der Waals surface area contributed by atoms with Crippen LogP contribution in [-0.4, -0.2) is 33.3 Å². The minimum Gasteiger partial charge on any atom is -0.490 e. The first-order valence-electron chi connectivity index (χ1n) is 7.58. The molecule has 0 spiro atoms. The molecule has 6 nitrogen and oxygen atoms in total. The van der Waals surface area contributed by atoms with E-state index in [0.29, 0.717) is 25.5 Å². The summed E-state index contributed by atoms with van der Waals surface area (Å²) < 4.78 is 33.8. The van der Waals surface area contributed by atoms with Gasteiger partial charge in [0.2, 0.25) is 5.91 Å². The Morgan fingerprint density at radius 2 is 2.00 bits per heavy atom. The quantitative estimate of drug-likeness (QED) is 0.898. The minimum atomic E-state index is -3.11. The van der Waals surface area contributed by atoms with E-state index in [1.807, 2.05) is 18.2 Å². The Morgan fingerprint density at radius 3 is 2.74 bits per heavy atom. The molecule has 2 heterocycles. The molecule has 0 aromatic heterocycles. The van der Waals surface area contributed by atoms with Crippen molar-refractivity contribution in [2.45, 2.75) is 19.4 Å². The molecular weight excluding hydrogens is 318 g/mol. The molecule has 1 atom stereocenters. The lowest BCUT2D eigenvalue weighted by atomic mass is 10.1. The highest BCUT2D eigenvalue weighted by Gasteiger charge is 2.23. The Bertz CT molecular complexity index is 726. The number of allylic oxidation sites excluding steroid dienone is 1. The maximum Gasteiger partial charge on any atom is 0.220 e. The Kier molecular flexibility index (Phi) is 4.56. The van der Waals surface area contributed by atoms with Gasteiger partial charge in [0.1, 0.15) is 0 Å². The van der Waals surface area contributed by atoms with Gasteiger partial charge in [-0.05, 0) is 17.7 Å². The van der Waals surface area contributed by atoms with Crippen LogP contribution < -0.4 is 14.8 Å². The first kappa shape index (κ1) is 15.9. The number of rotatable bonds is 4. The van der Waals surface area contributed by atoms with Crippen molar-refractivity contribution in [3.05, 3.63) is 35.2 Å². The van der Waals surface area contributed by atoms with Crippen LogP contribution in [0, 0.1) is 5.92 Å². The number of carbonyl (C=O) groups is 1. The summed E-state index contributed by atoms with van der Waals surface area (Å²) in [5.41, 5.74) is 0.914. The summed E-state index contributed by atoms with van der Waals surface area (Å²) in [6.45, 7) is 1.63. The third kappa shape index (κ3) is 4.25. The van der Waals surface area contributed by atoms with E-state index in [-0.39, 0.29) is 24.0 Å². The Morgan fingerprint density at radius 1 is 1.22 bits per heavy atom. The van der Waals surface area contributed by atoms with E-state index < -0.39 is 9.84 Å². The molecular formula is C16H19NO5S. The fraction of sp³-hybridized carbons (Fsp3) is 0.438. The molecule has 0 bridgehead atoms. The van der Waals surface area contributed by atoms with Gasteiger partial charge in [-0.25, -0.2) is 8.42 Å². The van der Waals surface area contributed by atoms with Gasteiger partial charge in [0.05, 0.1) is 19.0 Å². The zero-order chi connectivity index (χ0) is 16.3. The van der Waals surface area contributed by atoms with Gasteiger partial charge in [0.25, 0.3) is 0 Å². The van der Waals surface area contributed by atoms with E-state index >= 15 is 0 Å². The molecule has 7 heteroatoms. The number of amides is 1. The molecule has 0 aliphatic carbocycles. The van der Waals surface area contributed by atoms with Crippen LogP contribution >= 0.6 is 0 Å². The largest absolute Gasteiger partial charge is 0.490 e. The first-order chi connectivity index (χ1) is 11.0. The topological polar surface area (TPSA) is 81.7 Å². The second-order valence-corrected chi connectivity index (χ2v) is 7.66. The van der Waals surface area contributed by atoms with E-state index in [2.05, 4.69) is 5.32 Å². The van der Waals surface area contributed by atoms with Gasteiger partial charge in [-0.2, -0.15) is 0 Å². The van der Waals surface area contributed by atoms with Gasteiger partial charge < -0.3 is 14.8 Å². The summed E-state index contributed by atoms with van der Waals surface area (Å²) in [5.74, 6) is 1.04. The van der Waals surface area contributed by atoms with Crippen molar-refractivity contribution >= 4 is 15.7 Å². The summed E-state index contributed by atoms with van der Waals surface area (Å²) in [6, 6.07) is 5.59. The van der Waals surface area contributed by atoms with Crippen LogP contribution in [-0.2, 0) is 21.2 Å². The summed E-state index contributed by atoms with van der Waals surface area (Å²) in [6.07, 6.45) is 2.61. The standard InChI is InChI=1S/C16H19NO5S/c18-16(9-13-4-7-23(19,20)11-13)17-10-12-2-3-14-15(8-12)22-6-1-5-21-14/h2-4,7-8,13H,1,5-6,9-11H2,(H,17,18). The van der Waals surface area contributed by atoms with Gasteiger partial charge in [-0.1, -0.05) is 12.1 Å². The van der Waals surface area contributed by atoms with E-state index in [1.54, 1.807) is 6.08 Å². The van der Waals surface area contributed by atoms with Crippen molar-refractivity contribution in [1.29, 1.82) is 0 Å². The molecule has 3 rings (SSSR count). The van der Waals surface area contributed by atoms with E-state index in [0.717, 1.165) is 17.7 Å². The van der Waals surface area contributed by atoms with Gasteiger partial charge >= 0.3 is 0 Å². The van der Waals surface area contributed by atoms with Gasteiger partial charge in [-0.3, -0.25) is 4.79 Å². The average Bonchev–Trinajstić information content (AvgIpc) is 2.72. The Balaban J connectivity index is 1.53. The summed E-state index contributed by atoms with van der Waals surface area (Å²) in [4.78, 5) is 11.9. The summed E-state index contributed by atoms with van der Waals surface area (Å²) in [7, 11) is -3.11. The van der Waals surface area contributed by atoms with E-state index in [9.17, 15) is 13.2 Å². The van der Waals surface area contributed by atoms with Crippen molar-refractivity contribution in [3.63, 3.8) is 0 Å². The molecule has 2 aliphatic heterocycles. The van der Waals surface area contributed by atoms with Crippen molar-refractivity contribution in [3.8, 4) is 11.5 Å². The van der Waals surface area contributed by atoms with Crippen molar-refractivity contribution in [1.82, 2.24) is 5.32 Å². The number of benzene rings is 1. The smallest absolute Gasteiger partial charge is 0.220 e. The third-order valence-electron chi connectivity index (χ3n) is 3.75. The molecule has 1 aromatic rings. The highest BCUT2D eigenvalue weighted by atomic mass is 32.2. The Labute approximate surface area is 135 Å². The number of hydrogen-bond acceptors (Lipinski definition) is 5. The molecule has 23 heavy (non-hydrogen) atoms. The van der Waals surface area contributed by atoms with Crippen molar-refractivity contribution in [2.75, 3.05) is 19.0 Å². The number of hydrogen-bond donors (Lipinski definition) is 1. The van der Waals surface area contributed by atoms with Gasteiger partial charge in [0, 0.05) is 30.7 Å². The molecule has 2 aliphatic rings. The van der Waals surface area contributed by atoms with Crippen LogP contribution in [0.5, 0.6) is 11.5 Å². The molecule has 0 radical (unpaired) electrons. The lowest BCUT2D eigenvalue weighted by molar-refractivity contribution is -0.121. The molecule has 1 unspecified atom stereocenters. The molecule has 1 amide bonds. The number of ether oxygens (including phenoxy) is 2. The third-order valence-corrected chi connectivity index (χ3v) is 5.22. The van der Waals surface area contributed by atoms with E-state index in [4.69, 9.17) is 9.47 Å². The van der Waals surface area contributed by atoms with Crippen LogP contribution in [0.1, 0.15) is 18.4 Å². The molecule has 1 N–H and O–H groups in total. The van der Waals surface area contributed by atoms with Crippen molar-refractivity contribution in [2.24, 2.45) is 5.92 Å². The summed E-state index contributed by atoms with van der Waals surface area (Å²) in [5, 5.41) is 4.00. The Hall–Kier alpha value is -2.02. The number of carbonyl (C=O) groups excluding carboxylic acids is 1. The minimum absolute atomic E-state index is 0.0183. The first-order valence-corrected chi connectivity index (χ1v) is 9.29. The average molecular weight is 337 g/mol. The predicted octanol–water partition coefficient (Wildman–Crippen LogP) is 1.41. The highest BCUT2D eigenvalue weighted by molar-refractivity contribution is 7.94. The van der Waals surface area contributed by atoms with Gasteiger partial charge in [0.15, 0.2) is 21.3 Å². The molecule has 124 valence electrons. The molecule has 1 aromatic carbocycles. The normalized spacial score (nSPS) is 21.7. The van der Waals surface area contributed by atoms with Crippen LogP contribution in [0.15, 0.2) is 29.7 Å². The molecule has 0 saturated carbocycles. The number of fused-ring (bicyclic) bond motifs is 1. The monoisotopic (exact) mass is 337 g/mol. The fourth-order valence-electron chi connectivity index (χ4n) is 2.60. The zero-order valence-corrected chi connectivity index (χ0v) is 13.5. The highest BCUT2D eigenvalue weighted by Crippen LogP contribution is 2.30.